The van der Waals surface area contributed by atoms with Crippen LogP contribution in [0.1, 0.15) is 22.9 Å². The first-order chi connectivity index (χ1) is 5.70. The summed E-state index contributed by atoms with van der Waals surface area (Å²) in [5.41, 5.74) is 1.72. The van der Waals surface area contributed by atoms with Crippen LogP contribution in [0.15, 0.2) is 16.6 Å². The minimum atomic E-state index is -0.128. The molecule has 2 rings (SSSR count). The molecule has 1 aliphatic rings. The summed E-state index contributed by atoms with van der Waals surface area (Å²) in [6.07, 6.45) is 1.60. The van der Waals surface area contributed by atoms with E-state index in [4.69, 9.17) is 11.6 Å². The third-order valence-corrected chi connectivity index (χ3v) is 3.34. The van der Waals surface area contributed by atoms with Gasteiger partial charge in [-0.15, -0.1) is 11.6 Å². The maximum Gasteiger partial charge on any atom is 0.126 e. The van der Waals surface area contributed by atoms with Crippen molar-refractivity contribution in [1.29, 1.82) is 0 Å². The predicted molar refractivity (Wildman–Crippen MR) is 51.0 cm³/mol. The van der Waals surface area contributed by atoms with Crippen molar-refractivity contribution in [2.24, 2.45) is 0 Å². The smallest absolute Gasteiger partial charge is 0.126 e. The van der Waals surface area contributed by atoms with Crippen LogP contribution in [0.3, 0.4) is 0 Å². The Morgan fingerprint density at radius 3 is 2.92 bits per heavy atom. The van der Waals surface area contributed by atoms with Crippen LogP contribution >= 0.6 is 27.5 Å². The topological polar surface area (TPSA) is 0 Å². The van der Waals surface area contributed by atoms with E-state index in [1.807, 2.05) is 0 Å². The van der Waals surface area contributed by atoms with Crippen molar-refractivity contribution < 1.29 is 4.39 Å². The van der Waals surface area contributed by atoms with Crippen LogP contribution < -0.4 is 0 Å². The molecule has 1 aromatic carbocycles. The van der Waals surface area contributed by atoms with E-state index < -0.39 is 0 Å². The van der Waals surface area contributed by atoms with E-state index in [2.05, 4.69) is 15.9 Å². The fourth-order valence-electron chi connectivity index (χ4n) is 1.62. The van der Waals surface area contributed by atoms with Gasteiger partial charge in [-0.2, -0.15) is 0 Å². The van der Waals surface area contributed by atoms with Crippen LogP contribution in [0.5, 0.6) is 0 Å². The molecular formula is C9H7BrClF. The lowest BCUT2D eigenvalue weighted by molar-refractivity contribution is 0.612. The maximum absolute atomic E-state index is 13.2. The highest BCUT2D eigenvalue weighted by atomic mass is 79.9. The maximum atomic E-state index is 13.2. The minimum Gasteiger partial charge on any atom is -0.207 e. The van der Waals surface area contributed by atoms with Gasteiger partial charge in [-0.3, -0.25) is 0 Å². The summed E-state index contributed by atoms with van der Waals surface area (Å²) >= 11 is 9.39. The molecule has 0 heterocycles. The van der Waals surface area contributed by atoms with Gasteiger partial charge in [0.05, 0.1) is 5.38 Å². The Morgan fingerprint density at radius 1 is 1.50 bits per heavy atom. The molecule has 0 saturated heterocycles. The lowest BCUT2D eigenvalue weighted by Gasteiger charge is -2.05. The van der Waals surface area contributed by atoms with Crippen LogP contribution in [0.2, 0.25) is 0 Å². The summed E-state index contributed by atoms with van der Waals surface area (Å²) in [6.45, 7) is 0. The van der Waals surface area contributed by atoms with Crippen LogP contribution in [0.4, 0.5) is 4.39 Å². The zero-order valence-corrected chi connectivity index (χ0v) is 8.62. The van der Waals surface area contributed by atoms with E-state index in [9.17, 15) is 4.39 Å². The molecule has 0 aliphatic heterocycles. The molecule has 1 atom stereocenters. The molecule has 0 bridgehead atoms. The average molecular weight is 250 g/mol. The molecule has 3 heteroatoms. The molecule has 0 amide bonds. The van der Waals surface area contributed by atoms with E-state index >= 15 is 0 Å². The average Bonchev–Trinajstić information content (AvgIpc) is 2.42. The summed E-state index contributed by atoms with van der Waals surface area (Å²) in [5, 5.41) is -0.0231. The van der Waals surface area contributed by atoms with Gasteiger partial charge in [0.15, 0.2) is 0 Å². The van der Waals surface area contributed by atoms with E-state index in [1.165, 1.54) is 6.07 Å². The van der Waals surface area contributed by atoms with Crippen LogP contribution in [-0.2, 0) is 6.42 Å². The molecule has 0 saturated carbocycles. The predicted octanol–water partition coefficient (Wildman–Crippen LogP) is 3.81. The van der Waals surface area contributed by atoms with Crippen LogP contribution in [-0.4, -0.2) is 0 Å². The van der Waals surface area contributed by atoms with Crippen molar-refractivity contribution in [1.82, 2.24) is 0 Å². The quantitative estimate of drug-likeness (QED) is 0.613. The summed E-state index contributed by atoms with van der Waals surface area (Å²) in [4.78, 5) is 0. The second kappa shape index (κ2) is 3.00. The molecule has 1 aromatic rings. The fraction of sp³-hybridized carbons (Fsp3) is 0.333. The highest BCUT2D eigenvalue weighted by molar-refractivity contribution is 9.10. The molecule has 0 radical (unpaired) electrons. The van der Waals surface area contributed by atoms with Gasteiger partial charge in [0.1, 0.15) is 5.82 Å². The standard InChI is InChI=1S/C9H7BrClF/c10-6-2-4-8(12)5-1-3-7(11)9(5)6/h2,4,7H,1,3H2. The van der Waals surface area contributed by atoms with Gasteiger partial charge in [-0.25, -0.2) is 4.39 Å². The second-order valence-electron chi connectivity index (χ2n) is 2.93. The molecule has 1 unspecified atom stereocenters. The monoisotopic (exact) mass is 248 g/mol. The second-order valence-corrected chi connectivity index (χ2v) is 4.31. The number of hydrogen-bond acceptors (Lipinski definition) is 0. The van der Waals surface area contributed by atoms with Gasteiger partial charge < -0.3 is 0 Å². The van der Waals surface area contributed by atoms with E-state index in [0.717, 1.165) is 28.4 Å². The van der Waals surface area contributed by atoms with Crippen LogP contribution in [0.25, 0.3) is 0 Å². The Hall–Kier alpha value is -0.0800. The van der Waals surface area contributed by atoms with E-state index in [0.29, 0.717) is 0 Å². The number of fused-ring (bicyclic) bond motifs is 1. The molecule has 12 heavy (non-hydrogen) atoms. The Kier molecular flexibility index (Phi) is 2.13. The van der Waals surface area contributed by atoms with Crippen molar-refractivity contribution in [3.63, 3.8) is 0 Å². The third-order valence-electron chi connectivity index (χ3n) is 2.21. The normalized spacial score (nSPS) is 21.1. The van der Waals surface area contributed by atoms with Crippen molar-refractivity contribution in [2.45, 2.75) is 18.2 Å². The summed E-state index contributed by atoms with van der Waals surface area (Å²) in [7, 11) is 0. The molecular weight excluding hydrogens is 242 g/mol. The fourth-order valence-corrected chi connectivity index (χ4v) is 2.76. The van der Waals surface area contributed by atoms with Gasteiger partial charge in [0.2, 0.25) is 0 Å². The molecule has 64 valence electrons. The molecule has 0 N–H and O–H groups in total. The van der Waals surface area contributed by atoms with E-state index in [1.54, 1.807) is 6.07 Å². The lowest BCUT2D eigenvalue weighted by atomic mass is 10.1. The number of hydrogen-bond donors (Lipinski definition) is 0. The molecule has 1 aliphatic carbocycles. The molecule has 0 fully saturated rings. The first kappa shape index (κ1) is 8.52. The summed E-state index contributed by atoms with van der Waals surface area (Å²) in [5.74, 6) is -0.128. The summed E-state index contributed by atoms with van der Waals surface area (Å²) in [6, 6.07) is 3.20. The van der Waals surface area contributed by atoms with Gasteiger partial charge in [-0.05, 0) is 36.1 Å². The number of halogens is 3. The van der Waals surface area contributed by atoms with Crippen molar-refractivity contribution >= 4 is 27.5 Å². The van der Waals surface area contributed by atoms with Crippen molar-refractivity contribution in [3.8, 4) is 0 Å². The summed E-state index contributed by atoms with van der Waals surface area (Å²) < 4.78 is 14.1. The van der Waals surface area contributed by atoms with Gasteiger partial charge in [0, 0.05) is 4.47 Å². The number of alkyl halides is 1. The zero-order valence-electron chi connectivity index (χ0n) is 6.28. The zero-order chi connectivity index (χ0) is 8.72. The van der Waals surface area contributed by atoms with Crippen molar-refractivity contribution in [3.05, 3.63) is 33.5 Å². The van der Waals surface area contributed by atoms with Gasteiger partial charge in [-0.1, -0.05) is 15.9 Å². The first-order valence-electron chi connectivity index (χ1n) is 3.81. The molecule has 0 nitrogen and oxygen atoms in total. The number of benzene rings is 1. The Bertz CT molecular complexity index is 325. The van der Waals surface area contributed by atoms with Gasteiger partial charge in [0.25, 0.3) is 0 Å². The largest absolute Gasteiger partial charge is 0.207 e. The highest BCUT2D eigenvalue weighted by Gasteiger charge is 2.25. The Morgan fingerprint density at radius 2 is 2.25 bits per heavy atom. The Balaban J connectivity index is 2.64. The van der Waals surface area contributed by atoms with Gasteiger partial charge >= 0.3 is 0 Å². The first-order valence-corrected chi connectivity index (χ1v) is 5.04. The molecule has 0 aromatic heterocycles. The lowest BCUT2D eigenvalue weighted by Crippen LogP contribution is -1.90. The Labute approximate surface area is 83.9 Å². The number of rotatable bonds is 0. The third kappa shape index (κ3) is 1.17. The van der Waals surface area contributed by atoms with E-state index in [-0.39, 0.29) is 11.2 Å². The molecule has 0 spiro atoms. The van der Waals surface area contributed by atoms with Crippen molar-refractivity contribution in [2.75, 3.05) is 0 Å². The highest BCUT2D eigenvalue weighted by Crippen LogP contribution is 2.41. The minimum absolute atomic E-state index is 0.0231. The van der Waals surface area contributed by atoms with Crippen LogP contribution in [0, 0.1) is 5.82 Å². The SMILES string of the molecule is Fc1ccc(Br)c2c1CCC2Cl.